The van der Waals surface area contributed by atoms with Crippen LogP contribution in [0.2, 0.25) is 0 Å². The minimum absolute atomic E-state index is 0. The molecule has 0 saturated carbocycles. The van der Waals surface area contributed by atoms with Gasteiger partial charge < -0.3 is 37.3 Å². The first-order valence-electron chi connectivity index (χ1n) is 10.9. The third-order valence-corrected chi connectivity index (χ3v) is 4.50. The molecule has 2 aromatic rings. The number of hydrogen-bond acceptors (Lipinski definition) is 8. The van der Waals surface area contributed by atoms with Crippen molar-refractivity contribution in [2.45, 2.75) is 13.0 Å². The van der Waals surface area contributed by atoms with Crippen molar-refractivity contribution in [2.24, 2.45) is 16.5 Å². The summed E-state index contributed by atoms with van der Waals surface area (Å²) in [7, 11) is 0. The zero-order chi connectivity index (χ0) is 27.4. The Morgan fingerprint density at radius 1 is 1.03 bits per heavy atom. The Bertz CT molecular complexity index is 1180. The number of anilines is 1. The highest BCUT2D eigenvalue weighted by Crippen LogP contribution is 2.13. The molecule has 0 heterocycles. The third-order valence-electron chi connectivity index (χ3n) is 4.50. The number of nitrogens with zero attached hydrogens (tertiary/aromatic N) is 1. The molecule has 204 valence electrons. The Morgan fingerprint density at radius 3 is 2.32 bits per heavy atom. The molecule has 0 fully saturated rings. The van der Waals surface area contributed by atoms with Crippen LogP contribution in [0.5, 0.6) is 0 Å². The minimum atomic E-state index is -1.40. The van der Waals surface area contributed by atoms with E-state index in [0.29, 0.717) is 5.69 Å². The van der Waals surface area contributed by atoms with E-state index in [1.165, 1.54) is 48.5 Å². The van der Waals surface area contributed by atoms with E-state index in [1.807, 2.05) is 0 Å². The number of esters is 1. The molecule has 0 radical (unpaired) electrons. The summed E-state index contributed by atoms with van der Waals surface area (Å²) in [5.41, 5.74) is 11.6. The van der Waals surface area contributed by atoms with Crippen LogP contribution < -0.4 is 32.7 Å². The summed E-state index contributed by atoms with van der Waals surface area (Å²) in [6.45, 7) is 0.470. The lowest BCUT2D eigenvalue weighted by molar-refractivity contribution is -0.127. The second-order valence-corrected chi connectivity index (χ2v) is 7.31. The number of guanidine groups is 1. The van der Waals surface area contributed by atoms with E-state index < -0.39 is 48.9 Å². The second kappa shape index (κ2) is 15.4. The molecule has 1 atom stereocenters. The number of amides is 5. The van der Waals surface area contributed by atoms with E-state index in [0.717, 1.165) is 0 Å². The molecule has 14 nitrogen and oxygen atoms in total. The SMILES string of the molecule is CCOC(=O)c1cccc(NC(=O)N[C@@H](CO)C(=O)NCC(=O)NC(=O)c2ccc(N=C(N)N)cc2)c1.Cl. The standard InChI is InChI=1S/C23H27N7O7.ClH/c1-2-37-21(35)14-4-3-5-16(10-14)28-23(36)29-17(12-31)20(34)26-11-18(32)30-19(33)13-6-8-15(9-7-13)27-22(24)25;/h3-10,17,31H,2,11-12H2,1H3,(H,26,34)(H4,24,25,27)(H2,28,29,36)(H,30,32,33);1H/t17-;/m0./s1. The van der Waals surface area contributed by atoms with Crippen LogP contribution in [0.15, 0.2) is 53.5 Å². The molecule has 0 aliphatic carbocycles. The zero-order valence-electron chi connectivity index (χ0n) is 20.2. The number of hydrogen-bond donors (Lipinski definition) is 7. The van der Waals surface area contributed by atoms with Gasteiger partial charge in [-0.1, -0.05) is 6.07 Å². The van der Waals surface area contributed by atoms with Crippen LogP contribution >= 0.6 is 12.4 Å². The Hall–Kier alpha value is -4.69. The first-order chi connectivity index (χ1) is 17.6. The first kappa shape index (κ1) is 31.3. The maximum atomic E-state index is 12.3. The Balaban J connectivity index is 0.00000722. The number of benzene rings is 2. The highest BCUT2D eigenvalue weighted by atomic mass is 35.5. The van der Waals surface area contributed by atoms with E-state index in [1.54, 1.807) is 6.92 Å². The zero-order valence-corrected chi connectivity index (χ0v) is 21.0. The summed E-state index contributed by atoms with van der Waals surface area (Å²) < 4.78 is 4.89. The molecule has 0 aromatic heterocycles. The molecule has 5 amide bonds. The molecule has 0 aliphatic rings. The fraction of sp³-hybridized carbons (Fsp3) is 0.217. The van der Waals surface area contributed by atoms with E-state index in [4.69, 9.17) is 16.2 Å². The van der Waals surface area contributed by atoms with E-state index >= 15 is 0 Å². The van der Waals surface area contributed by atoms with Gasteiger partial charge in [0, 0.05) is 11.3 Å². The first-order valence-corrected chi connectivity index (χ1v) is 10.9. The highest BCUT2D eigenvalue weighted by Gasteiger charge is 2.21. The molecular formula is C23H28ClN7O7. The van der Waals surface area contributed by atoms with Crippen molar-refractivity contribution in [2.75, 3.05) is 25.1 Å². The molecule has 38 heavy (non-hydrogen) atoms. The molecule has 0 saturated heterocycles. The summed E-state index contributed by atoms with van der Waals surface area (Å²) in [6.07, 6.45) is 0. The van der Waals surface area contributed by atoms with Crippen LogP contribution in [0.3, 0.4) is 0 Å². The van der Waals surface area contributed by atoms with E-state index in [9.17, 15) is 29.1 Å². The van der Waals surface area contributed by atoms with Crippen molar-refractivity contribution in [1.82, 2.24) is 16.0 Å². The van der Waals surface area contributed by atoms with Gasteiger partial charge in [-0.05, 0) is 49.4 Å². The van der Waals surface area contributed by atoms with Gasteiger partial charge in [-0.15, -0.1) is 12.4 Å². The third kappa shape index (κ3) is 10.1. The Kier molecular flexibility index (Phi) is 12.7. The quantitative estimate of drug-likeness (QED) is 0.117. The molecule has 2 aromatic carbocycles. The van der Waals surface area contributed by atoms with Crippen LogP contribution in [0.1, 0.15) is 27.6 Å². The van der Waals surface area contributed by atoms with E-state index in [2.05, 4.69) is 26.3 Å². The Labute approximate surface area is 223 Å². The van der Waals surface area contributed by atoms with Gasteiger partial charge in [0.25, 0.3) is 5.91 Å². The summed E-state index contributed by atoms with van der Waals surface area (Å²) >= 11 is 0. The maximum Gasteiger partial charge on any atom is 0.338 e. The number of aliphatic imine (C=N–C) groups is 1. The van der Waals surface area contributed by atoms with Crippen molar-refractivity contribution in [3.8, 4) is 0 Å². The second-order valence-electron chi connectivity index (χ2n) is 7.31. The highest BCUT2D eigenvalue weighted by molar-refractivity contribution is 6.06. The van der Waals surface area contributed by atoms with Gasteiger partial charge in [-0.25, -0.2) is 14.6 Å². The number of nitrogens with two attached hydrogens (primary N) is 2. The summed E-state index contributed by atoms with van der Waals surface area (Å²) in [4.78, 5) is 64.4. The smallest absolute Gasteiger partial charge is 0.338 e. The molecule has 0 unspecified atom stereocenters. The number of urea groups is 1. The summed E-state index contributed by atoms with van der Waals surface area (Å²) in [5, 5.41) is 18.5. The summed E-state index contributed by atoms with van der Waals surface area (Å²) in [5.74, 6) is -3.15. The van der Waals surface area contributed by atoms with Crippen molar-refractivity contribution in [1.29, 1.82) is 0 Å². The van der Waals surface area contributed by atoms with Crippen molar-refractivity contribution < 1.29 is 33.8 Å². The number of imide groups is 1. The van der Waals surface area contributed by atoms with Gasteiger partial charge in [-0.2, -0.15) is 0 Å². The van der Waals surface area contributed by atoms with Crippen molar-refractivity contribution >= 4 is 59.5 Å². The van der Waals surface area contributed by atoms with Crippen LogP contribution in [0.25, 0.3) is 0 Å². The van der Waals surface area contributed by atoms with Crippen molar-refractivity contribution in [3.05, 3.63) is 59.7 Å². The monoisotopic (exact) mass is 549 g/mol. The number of halogens is 1. The number of carbonyl (C=O) groups excluding carboxylic acids is 5. The number of nitrogens with one attached hydrogen (secondary N) is 4. The molecule has 0 spiro atoms. The normalized spacial score (nSPS) is 10.6. The van der Waals surface area contributed by atoms with Crippen LogP contribution in [-0.4, -0.2) is 66.6 Å². The number of aliphatic hydroxyl groups is 1. The van der Waals surface area contributed by atoms with Gasteiger partial charge in [0.1, 0.15) is 6.04 Å². The average Bonchev–Trinajstić information content (AvgIpc) is 2.86. The largest absolute Gasteiger partial charge is 0.462 e. The van der Waals surface area contributed by atoms with Crippen LogP contribution in [0, 0.1) is 0 Å². The van der Waals surface area contributed by atoms with Crippen LogP contribution in [0.4, 0.5) is 16.2 Å². The lowest BCUT2D eigenvalue weighted by atomic mass is 10.2. The van der Waals surface area contributed by atoms with Crippen molar-refractivity contribution in [3.63, 3.8) is 0 Å². The number of carbonyl (C=O) groups is 5. The molecule has 0 aliphatic heterocycles. The lowest BCUT2D eigenvalue weighted by Gasteiger charge is -2.16. The fourth-order valence-electron chi connectivity index (χ4n) is 2.83. The molecule has 15 heteroatoms. The number of aliphatic hydroxyl groups excluding tert-OH is 1. The molecule has 2 rings (SSSR count). The van der Waals surface area contributed by atoms with Crippen LogP contribution in [-0.2, 0) is 14.3 Å². The average molecular weight is 550 g/mol. The van der Waals surface area contributed by atoms with Gasteiger partial charge >= 0.3 is 12.0 Å². The molecule has 9 N–H and O–H groups in total. The molecule has 0 bridgehead atoms. The van der Waals surface area contributed by atoms with E-state index in [-0.39, 0.29) is 41.8 Å². The van der Waals surface area contributed by atoms with Gasteiger partial charge in [-0.3, -0.25) is 19.7 Å². The summed E-state index contributed by atoms with van der Waals surface area (Å²) in [6, 6.07) is 9.39. The lowest BCUT2D eigenvalue weighted by Crippen LogP contribution is -2.52. The number of rotatable bonds is 10. The fourth-order valence-corrected chi connectivity index (χ4v) is 2.83. The van der Waals surface area contributed by atoms with Gasteiger partial charge in [0.15, 0.2) is 5.96 Å². The minimum Gasteiger partial charge on any atom is -0.462 e. The van der Waals surface area contributed by atoms with Gasteiger partial charge in [0.2, 0.25) is 11.8 Å². The predicted octanol–water partition coefficient (Wildman–Crippen LogP) is -0.255. The van der Waals surface area contributed by atoms with Gasteiger partial charge in [0.05, 0.1) is 31.0 Å². The number of ether oxygens (including phenoxy) is 1. The molecular weight excluding hydrogens is 522 g/mol. The topological polar surface area (TPSA) is 227 Å². The maximum absolute atomic E-state index is 12.3. The predicted molar refractivity (Wildman–Crippen MR) is 140 cm³/mol. The Morgan fingerprint density at radius 2 is 1.71 bits per heavy atom.